The number of carbonyl (C=O) groups excluding carboxylic acids is 1. The normalized spacial score (nSPS) is 22.1. The fourth-order valence-corrected chi connectivity index (χ4v) is 4.01. The Labute approximate surface area is 139 Å². The Morgan fingerprint density at radius 1 is 1.33 bits per heavy atom. The summed E-state index contributed by atoms with van der Waals surface area (Å²) in [5.41, 5.74) is 2.13. The second-order valence-electron chi connectivity index (χ2n) is 7.05. The molecule has 2 fully saturated rings. The van der Waals surface area contributed by atoms with E-state index in [0.29, 0.717) is 18.7 Å². The molecule has 7 nitrogen and oxygen atoms in total. The molecule has 1 saturated heterocycles. The fourth-order valence-electron chi connectivity index (χ4n) is 4.01. The number of aromatic nitrogens is 3. The van der Waals surface area contributed by atoms with E-state index in [-0.39, 0.29) is 17.2 Å². The average molecular weight is 328 g/mol. The van der Waals surface area contributed by atoms with Crippen molar-refractivity contribution in [1.82, 2.24) is 19.7 Å². The molecule has 1 aliphatic carbocycles. The van der Waals surface area contributed by atoms with E-state index in [4.69, 9.17) is 5.11 Å². The number of likely N-dealkylation sites (tertiary alicyclic amines) is 1. The molecule has 1 atom stereocenters. The molecular weight excluding hydrogens is 308 g/mol. The van der Waals surface area contributed by atoms with Crippen molar-refractivity contribution in [3.63, 3.8) is 0 Å². The smallest absolute Gasteiger partial charge is 0.307 e. The summed E-state index contributed by atoms with van der Waals surface area (Å²) in [6.07, 6.45) is 3.91. The fraction of sp³-hybridized carbons (Fsp3) is 0.529. The lowest BCUT2D eigenvalue weighted by Gasteiger charge is -2.32. The summed E-state index contributed by atoms with van der Waals surface area (Å²) >= 11 is 0. The Bertz CT molecular complexity index is 849. The molecule has 3 heterocycles. The molecule has 0 aromatic carbocycles. The largest absolute Gasteiger partial charge is 0.481 e. The van der Waals surface area contributed by atoms with Crippen molar-refractivity contribution in [3.05, 3.63) is 23.5 Å². The van der Waals surface area contributed by atoms with Crippen LogP contribution in [0.1, 0.15) is 35.3 Å². The quantitative estimate of drug-likeness (QED) is 0.904. The molecule has 2 aromatic heterocycles. The maximum Gasteiger partial charge on any atom is 0.307 e. The van der Waals surface area contributed by atoms with E-state index in [2.05, 4.69) is 10.1 Å². The highest BCUT2D eigenvalue weighted by Crippen LogP contribution is 2.59. The molecule has 1 unspecified atom stereocenters. The highest BCUT2D eigenvalue weighted by Gasteiger charge is 2.59. The number of aryl methyl sites for hydroxylation is 2. The molecule has 1 amide bonds. The molecule has 1 aliphatic heterocycles. The Hall–Kier alpha value is -2.44. The van der Waals surface area contributed by atoms with Gasteiger partial charge in [0.25, 0.3) is 5.91 Å². The SMILES string of the molecule is Cc1nn(C)c2ncc(C(=O)N3CCC4(CC3)CC4C(=O)O)cc12. The number of pyridine rings is 1. The summed E-state index contributed by atoms with van der Waals surface area (Å²) in [5, 5.41) is 14.4. The second kappa shape index (κ2) is 5.03. The minimum atomic E-state index is -0.698. The first-order valence-corrected chi connectivity index (χ1v) is 8.23. The van der Waals surface area contributed by atoms with Crippen molar-refractivity contribution in [2.75, 3.05) is 13.1 Å². The zero-order valence-corrected chi connectivity index (χ0v) is 13.8. The lowest BCUT2D eigenvalue weighted by molar-refractivity contribution is -0.139. The van der Waals surface area contributed by atoms with E-state index < -0.39 is 5.97 Å². The van der Waals surface area contributed by atoms with Crippen LogP contribution in [0.3, 0.4) is 0 Å². The standard InChI is InChI=1S/C17H20N4O3/c1-10-12-7-11(9-18-14(12)20(2)19-10)15(22)21-5-3-17(4-6-21)8-13(17)16(23)24/h7,9,13H,3-6,8H2,1-2H3,(H,23,24). The van der Waals surface area contributed by atoms with E-state index in [1.54, 1.807) is 10.9 Å². The molecule has 0 bridgehead atoms. The average Bonchev–Trinajstić information content (AvgIpc) is 3.20. The van der Waals surface area contributed by atoms with Crippen LogP contribution in [0.5, 0.6) is 0 Å². The number of hydrogen-bond donors (Lipinski definition) is 1. The molecule has 2 aliphatic rings. The maximum absolute atomic E-state index is 12.8. The Morgan fingerprint density at radius 3 is 2.67 bits per heavy atom. The third-order valence-electron chi connectivity index (χ3n) is 5.64. The first kappa shape index (κ1) is 15.1. The van der Waals surface area contributed by atoms with Crippen LogP contribution >= 0.6 is 0 Å². The molecular formula is C17H20N4O3. The number of aliphatic carboxylic acids is 1. The molecule has 1 saturated carbocycles. The van der Waals surface area contributed by atoms with Crippen molar-refractivity contribution >= 4 is 22.9 Å². The number of carboxylic acids is 1. The Morgan fingerprint density at radius 2 is 2.04 bits per heavy atom. The summed E-state index contributed by atoms with van der Waals surface area (Å²) in [4.78, 5) is 30.1. The minimum absolute atomic E-state index is 0.0324. The number of piperidine rings is 1. The monoisotopic (exact) mass is 328 g/mol. The highest BCUT2D eigenvalue weighted by atomic mass is 16.4. The maximum atomic E-state index is 12.8. The van der Waals surface area contributed by atoms with Crippen LogP contribution in [0, 0.1) is 18.3 Å². The van der Waals surface area contributed by atoms with Crippen LogP contribution in [-0.2, 0) is 11.8 Å². The van der Waals surface area contributed by atoms with Gasteiger partial charge in [-0.15, -0.1) is 0 Å². The first-order valence-electron chi connectivity index (χ1n) is 8.23. The van der Waals surface area contributed by atoms with Gasteiger partial charge in [0, 0.05) is 31.7 Å². The number of hydrogen-bond acceptors (Lipinski definition) is 4. The van der Waals surface area contributed by atoms with Crippen molar-refractivity contribution in [2.45, 2.75) is 26.2 Å². The molecule has 126 valence electrons. The summed E-state index contributed by atoms with van der Waals surface area (Å²) in [6.45, 7) is 3.14. The first-order chi connectivity index (χ1) is 11.4. The Kier molecular flexibility index (Phi) is 3.16. The van der Waals surface area contributed by atoms with Gasteiger partial charge < -0.3 is 10.0 Å². The summed E-state index contributed by atoms with van der Waals surface area (Å²) in [6, 6.07) is 1.86. The van der Waals surface area contributed by atoms with Gasteiger partial charge in [0.1, 0.15) is 0 Å². The van der Waals surface area contributed by atoms with Gasteiger partial charge in [-0.25, -0.2) is 4.98 Å². The van der Waals surface area contributed by atoms with Gasteiger partial charge in [-0.1, -0.05) is 0 Å². The van der Waals surface area contributed by atoms with E-state index in [1.807, 2.05) is 24.9 Å². The molecule has 1 spiro atoms. The molecule has 7 heteroatoms. The van der Waals surface area contributed by atoms with Crippen LogP contribution in [0.25, 0.3) is 11.0 Å². The minimum Gasteiger partial charge on any atom is -0.481 e. The lowest BCUT2D eigenvalue weighted by Crippen LogP contribution is -2.40. The van der Waals surface area contributed by atoms with Crippen LogP contribution in [0.15, 0.2) is 12.3 Å². The van der Waals surface area contributed by atoms with Crippen molar-refractivity contribution in [1.29, 1.82) is 0 Å². The van der Waals surface area contributed by atoms with Crippen LogP contribution in [-0.4, -0.2) is 49.7 Å². The lowest BCUT2D eigenvalue weighted by atomic mass is 9.90. The zero-order valence-electron chi connectivity index (χ0n) is 13.8. The number of carbonyl (C=O) groups is 2. The Balaban J connectivity index is 1.51. The van der Waals surface area contributed by atoms with Gasteiger partial charge in [0.15, 0.2) is 5.65 Å². The predicted octanol–water partition coefficient (Wildman–Crippen LogP) is 1.60. The van der Waals surface area contributed by atoms with Crippen LogP contribution in [0.4, 0.5) is 0 Å². The molecule has 0 radical (unpaired) electrons. The summed E-state index contributed by atoms with van der Waals surface area (Å²) in [7, 11) is 1.84. The topological polar surface area (TPSA) is 88.3 Å². The van der Waals surface area contributed by atoms with Gasteiger partial charge in [-0.3, -0.25) is 14.3 Å². The van der Waals surface area contributed by atoms with Crippen LogP contribution < -0.4 is 0 Å². The number of fused-ring (bicyclic) bond motifs is 1. The van der Waals surface area contributed by atoms with Gasteiger partial charge in [0.2, 0.25) is 0 Å². The van der Waals surface area contributed by atoms with E-state index in [1.165, 1.54) is 0 Å². The van der Waals surface area contributed by atoms with Gasteiger partial charge >= 0.3 is 5.97 Å². The molecule has 1 N–H and O–H groups in total. The van der Waals surface area contributed by atoms with Gasteiger partial charge in [-0.2, -0.15) is 5.10 Å². The van der Waals surface area contributed by atoms with Crippen LogP contribution in [0.2, 0.25) is 0 Å². The van der Waals surface area contributed by atoms with Crippen molar-refractivity contribution < 1.29 is 14.7 Å². The molecule has 2 aromatic rings. The van der Waals surface area contributed by atoms with Crippen molar-refractivity contribution in [2.24, 2.45) is 18.4 Å². The number of rotatable bonds is 2. The van der Waals surface area contributed by atoms with E-state index >= 15 is 0 Å². The zero-order chi connectivity index (χ0) is 17.1. The van der Waals surface area contributed by atoms with Gasteiger partial charge in [0.05, 0.1) is 17.2 Å². The molecule has 4 rings (SSSR count). The van der Waals surface area contributed by atoms with Crippen molar-refractivity contribution in [3.8, 4) is 0 Å². The predicted molar refractivity (Wildman–Crippen MR) is 86.6 cm³/mol. The molecule has 24 heavy (non-hydrogen) atoms. The summed E-state index contributed by atoms with van der Waals surface area (Å²) < 4.78 is 1.71. The third-order valence-corrected chi connectivity index (χ3v) is 5.64. The van der Waals surface area contributed by atoms with Gasteiger partial charge in [-0.05, 0) is 37.7 Å². The summed E-state index contributed by atoms with van der Waals surface area (Å²) in [5.74, 6) is -0.947. The van der Waals surface area contributed by atoms with E-state index in [9.17, 15) is 9.59 Å². The number of amides is 1. The number of carboxylic acid groups (broad SMARTS) is 1. The highest BCUT2D eigenvalue weighted by molar-refractivity contribution is 5.97. The second-order valence-corrected chi connectivity index (χ2v) is 7.05. The number of nitrogens with zero attached hydrogens (tertiary/aromatic N) is 4. The third kappa shape index (κ3) is 2.18. The van der Waals surface area contributed by atoms with E-state index in [0.717, 1.165) is 36.0 Å².